The largest absolute Gasteiger partial charge is 0.490 e. The molecule has 0 aromatic heterocycles. The van der Waals surface area contributed by atoms with Crippen molar-refractivity contribution in [3.63, 3.8) is 0 Å². The van der Waals surface area contributed by atoms with E-state index in [1.807, 2.05) is 18.2 Å². The molecule has 22 heavy (non-hydrogen) atoms. The van der Waals surface area contributed by atoms with Gasteiger partial charge in [0.1, 0.15) is 11.6 Å². The molecule has 2 aromatic carbocycles. The van der Waals surface area contributed by atoms with Gasteiger partial charge in [-0.2, -0.15) is 0 Å². The van der Waals surface area contributed by atoms with E-state index >= 15 is 0 Å². The molecule has 2 nitrogen and oxygen atoms in total. The second-order valence-electron chi connectivity index (χ2n) is 5.77. The maximum absolute atomic E-state index is 12.9. The van der Waals surface area contributed by atoms with Crippen molar-refractivity contribution in [2.24, 2.45) is 0 Å². The molecule has 3 heteroatoms. The van der Waals surface area contributed by atoms with E-state index in [1.54, 1.807) is 12.1 Å². The zero-order valence-corrected chi connectivity index (χ0v) is 12.6. The SMILES string of the molecule is Fc1ccc(OC2CCC(OCc3ccccc3)CC2)cc1. The van der Waals surface area contributed by atoms with Crippen LogP contribution in [-0.4, -0.2) is 12.2 Å². The third kappa shape index (κ3) is 4.31. The van der Waals surface area contributed by atoms with Gasteiger partial charge in [-0.05, 0) is 55.5 Å². The van der Waals surface area contributed by atoms with Crippen LogP contribution in [0.15, 0.2) is 54.6 Å². The molecule has 1 aliphatic carbocycles. The van der Waals surface area contributed by atoms with E-state index in [9.17, 15) is 4.39 Å². The first-order chi connectivity index (χ1) is 10.8. The number of hydrogen-bond acceptors (Lipinski definition) is 2. The van der Waals surface area contributed by atoms with Gasteiger partial charge in [-0.3, -0.25) is 0 Å². The summed E-state index contributed by atoms with van der Waals surface area (Å²) in [5.41, 5.74) is 1.21. The summed E-state index contributed by atoms with van der Waals surface area (Å²) >= 11 is 0. The molecule has 1 fully saturated rings. The normalized spacial score (nSPS) is 21.5. The van der Waals surface area contributed by atoms with Gasteiger partial charge in [0.2, 0.25) is 0 Å². The van der Waals surface area contributed by atoms with Crippen LogP contribution in [0.1, 0.15) is 31.2 Å². The second kappa shape index (κ2) is 7.41. The average Bonchev–Trinajstić information content (AvgIpc) is 2.57. The summed E-state index contributed by atoms with van der Waals surface area (Å²) in [5, 5.41) is 0. The molecule has 0 bridgehead atoms. The summed E-state index contributed by atoms with van der Waals surface area (Å²) in [4.78, 5) is 0. The highest BCUT2D eigenvalue weighted by Gasteiger charge is 2.22. The number of benzene rings is 2. The van der Waals surface area contributed by atoms with E-state index in [-0.39, 0.29) is 11.9 Å². The van der Waals surface area contributed by atoms with Gasteiger partial charge in [0.05, 0.1) is 18.8 Å². The molecule has 116 valence electrons. The summed E-state index contributed by atoms with van der Waals surface area (Å²) < 4.78 is 24.7. The Bertz CT molecular complexity index is 560. The molecule has 0 atom stereocenters. The minimum Gasteiger partial charge on any atom is -0.490 e. The lowest BCUT2D eigenvalue weighted by Crippen LogP contribution is -2.28. The van der Waals surface area contributed by atoms with Gasteiger partial charge in [0.25, 0.3) is 0 Å². The van der Waals surface area contributed by atoms with Crippen molar-refractivity contribution in [2.75, 3.05) is 0 Å². The van der Waals surface area contributed by atoms with E-state index in [2.05, 4.69) is 12.1 Å². The number of halogens is 1. The third-order valence-corrected chi connectivity index (χ3v) is 4.07. The summed E-state index contributed by atoms with van der Waals surface area (Å²) in [6.07, 6.45) is 4.51. The van der Waals surface area contributed by atoms with E-state index in [1.165, 1.54) is 17.7 Å². The molecule has 0 aliphatic heterocycles. The topological polar surface area (TPSA) is 18.5 Å². The van der Waals surface area contributed by atoms with E-state index in [0.29, 0.717) is 12.7 Å². The van der Waals surface area contributed by atoms with Gasteiger partial charge in [-0.25, -0.2) is 4.39 Å². The molecule has 0 unspecified atom stereocenters. The molecular formula is C19H21FO2. The van der Waals surface area contributed by atoms with Gasteiger partial charge < -0.3 is 9.47 Å². The van der Waals surface area contributed by atoms with Crippen LogP contribution in [0, 0.1) is 5.82 Å². The molecule has 0 N–H and O–H groups in total. The maximum atomic E-state index is 12.9. The number of hydrogen-bond donors (Lipinski definition) is 0. The van der Waals surface area contributed by atoms with Gasteiger partial charge in [0, 0.05) is 0 Å². The zero-order valence-electron chi connectivity index (χ0n) is 12.6. The molecule has 0 heterocycles. The summed E-state index contributed by atoms with van der Waals surface area (Å²) in [6.45, 7) is 0.676. The standard InChI is InChI=1S/C19H21FO2/c20-16-6-8-18(9-7-16)22-19-12-10-17(11-13-19)21-14-15-4-2-1-3-5-15/h1-9,17,19H,10-14H2. The molecule has 1 saturated carbocycles. The predicted molar refractivity (Wildman–Crippen MR) is 84.3 cm³/mol. The molecule has 1 aliphatic rings. The smallest absolute Gasteiger partial charge is 0.123 e. The van der Waals surface area contributed by atoms with Crippen LogP contribution in [-0.2, 0) is 11.3 Å². The van der Waals surface area contributed by atoms with Crippen LogP contribution < -0.4 is 4.74 Å². The lowest BCUT2D eigenvalue weighted by Gasteiger charge is -2.29. The van der Waals surface area contributed by atoms with Crippen molar-refractivity contribution in [3.05, 3.63) is 66.0 Å². The average molecular weight is 300 g/mol. The van der Waals surface area contributed by atoms with Crippen LogP contribution in [0.3, 0.4) is 0 Å². The van der Waals surface area contributed by atoms with Gasteiger partial charge >= 0.3 is 0 Å². The fourth-order valence-corrected chi connectivity index (χ4v) is 2.81. The van der Waals surface area contributed by atoms with Crippen LogP contribution in [0.25, 0.3) is 0 Å². The van der Waals surface area contributed by atoms with Crippen LogP contribution in [0.5, 0.6) is 5.75 Å². The fourth-order valence-electron chi connectivity index (χ4n) is 2.81. The second-order valence-corrected chi connectivity index (χ2v) is 5.77. The van der Waals surface area contributed by atoms with Gasteiger partial charge in [-0.1, -0.05) is 30.3 Å². The molecule has 0 radical (unpaired) electrons. The maximum Gasteiger partial charge on any atom is 0.123 e. The minimum atomic E-state index is -0.231. The van der Waals surface area contributed by atoms with E-state index in [0.717, 1.165) is 31.4 Å². The van der Waals surface area contributed by atoms with Gasteiger partial charge in [0.15, 0.2) is 0 Å². The van der Waals surface area contributed by atoms with E-state index in [4.69, 9.17) is 9.47 Å². The highest BCUT2D eigenvalue weighted by Crippen LogP contribution is 2.26. The Morgan fingerprint density at radius 3 is 2.14 bits per heavy atom. The molecular weight excluding hydrogens is 279 g/mol. The molecule has 2 aromatic rings. The Labute approximate surface area is 130 Å². The van der Waals surface area contributed by atoms with Crippen molar-refractivity contribution in [2.45, 2.75) is 44.5 Å². The van der Waals surface area contributed by atoms with Crippen LogP contribution in [0.4, 0.5) is 4.39 Å². The zero-order chi connectivity index (χ0) is 15.2. The quantitative estimate of drug-likeness (QED) is 0.794. The first-order valence-electron chi connectivity index (χ1n) is 7.87. The van der Waals surface area contributed by atoms with E-state index < -0.39 is 0 Å². The number of ether oxygens (including phenoxy) is 2. The highest BCUT2D eigenvalue weighted by atomic mass is 19.1. The monoisotopic (exact) mass is 300 g/mol. The fraction of sp³-hybridized carbons (Fsp3) is 0.368. The summed E-state index contributed by atoms with van der Waals surface area (Å²) in [7, 11) is 0. The first-order valence-corrected chi connectivity index (χ1v) is 7.87. The lowest BCUT2D eigenvalue weighted by molar-refractivity contribution is -0.00662. The van der Waals surface area contributed by atoms with Crippen molar-refractivity contribution in [1.82, 2.24) is 0 Å². The van der Waals surface area contributed by atoms with Crippen molar-refractivity contribution in [3.8, 4) is 5.75 Å². The first kappa shape index (κ1) is 15.0. The Hall–Kier alpha value is -1.87. The van der Waals surface area contributed by atoms with Gasteiger partial charge in [-0.15, -0.1) is 0 Å². The predicted octanol–water partition coefficient (Wildman–Crippen LogP) is 4.73. The molecule has 0 amide bonds. The van der Waals surface area contributed by atoms with Crippen LogP contribution in [0.2, 0.25) is 0 Å². The molecule has 3 rings (SSSR count). The lowest BCUT2D eigenvalue weighted by atomic mass is 9.95. The Balaban J connectivity index is 1.41. The van der Waals surface area contributed by atoms with Crippen molar-refractivity contribution >= 4 is 0 Å². The highest BCUT2D eigenvalue weighted by molar-refractivity contribution is 5.22. The Morgan fingerprint density at radius 1 is 0.818 bits per heavy atom. The Morgan fingerprint density at radius 2 is 1.45 bits per heavy atom. The molecule has 0 spiro atoms. The van der Waals surface area contributed by atoms with Crippen molar-refractivity contribution < 1.29 is 13.9 Å². The third-order valence-electron chi connectivity index (χ3n) is 4.07. The summed E-state index contributed by atoms with van der Waals surface area (Å²) in [6, 6.07) is 16.5. The Kier molecular flexibility index (Phi) is 5.07. The van der Waals surface area contributed by atoms with Crippen molar-refractivity contribution in [1.29, 1.82) is 0 Å². The minimum absolute atomic E-state index is 0.210. The van der Waals surface area contributed by atoms with Crippen LogP contribution >= 0.6 is 0 Å². The molecule has 0 saturated heterocycles. The number of rotatable bonds is 5. The summed E-state index contributed by atoms with van der Waals surface area (Å²) in [5.74, 6) is 0.514.